The minimum Gasteiger partial charge on any atom is -0.366 e. The molecule has 2 rings (SSSR count). The van der Waals surface area contributed by atoms with E-state index in [2.05, 4.69) is 4.98 Å². The Labute approximate surface area is 66.1 Å². The maximum Gasteiger partial charge on any atom is 0.00844 e. The van der Waals surface area contributed by atoms with Crippen LogP contribution in [0, 0.1) is 13.8 Å². The molecule has 0 spiro atoms. The zero-order valence-corrected chi connectivity index (χ0v) is 5.96. The second-order valence-corrected chi connectivity index (χ2v) is 2.57. The van der Waals surface area contributed by atoms with Gasteiger partial charge in [0.2, 0.25) is 0 Å². The molecule has 11 heavy (non-hydrogen) atoms. The van der Waals surface area contributed by atoms with Crippen molar-refractivity contribution in [2.75, 3.05) is 0 Å². The average Bonchev–Trinajstić information content (AvgIpc) is 2.36. The third-order valence-electron chi connectivity index (χ3n) is 1.77. The summed E-state index contributed by atoms with van der Waals surface area (Å²) in [6, 6.07) is 3.72. The Morgan fingerprint density at radius 1 is 0.909 bits per heavy atom. The van der Waals surface area contributed by atoms with E-state index in [0.717, 1.165) is 10.8 Å². The second-order valence-electron chi connectivity index (χ2n) is 2.57. The highest BCUT2D eigenvalue weighted by atomic mass is 14.6. The van der Waals surface area contributed by atoms with Crippen LogP contribution in [0.2, 0.25) is 0 Å². The van der Waals surface area contributed by atoms with Crippen LogP contribution in [0.5, 0.6) is 0 Å². The third-order valence-corrected chi connectivity index (χ3v) is 1.77. The van der Waals surface area contributed by atoms with Crippen molar-refractivity contribution in [2.24, 2.45) is 0 Å². The van der Waals surface area contributed by atoms with E-state index in [1.54, 1.807) is 0 Å². The summed E-state index contributed by atoms with van der Waals surface area (Å²) in [5.41, 5.74) is 1.27. The van der Waals surface area contributed by atoms with Gasteiger partial charge in [0.05, 0.1) is 0 Å². The predicted molar refractivity (Wildman–Crippen MR) is 45.1 cm³/mol. The van der Waals surface area contributed by atoms with Crippen LogP contribution in [-0.4, -0.2) is 4.98 Å². The standard InChI is InChI=1S/C10H7N/c1-7-3-9-5-11-6-10(9)4-8(7)2/h1-6,11H. The molecule has 0 amide bonds. The smallest absolute Gasteiger partial charge is 0.00844 e. The van der Waals surface area contributed by atoms with Crippen LogP contribution < -0.4 is 0 Å². The molecule has 0 fully saturated rings. The fourth-order valence-corrected chi connectivity index (χ4v) is 1.14. The molecule has 1 nitrogen and oxygen atoms in total. The van der Waals surface area contributed by atoms with Gasteiger partial charge in [-0.15, -0.1) is 0 Å². The molecule has 1 aromatic heterocycles. The maximum atomic E-state index is 5.61. The van der Waals surface area contributed by atoms with E-state index >= 15 is 0 Å². The Bertz CT molecular complexity index is 349. The van der Waals surface area contributed by atoms with Crippen molar-refractivity contribution >= 4 is 10.8 Å². The summed E-state index contributed by atoms with van der Waals surface area (Å²) >= 11 is 0. The number of aromatic nitrogens is 1. The van der Waals surface area contributed by atoms with Gasteiger partial charge in [-0.1, -0.05) is 0 Å². The average molecular weight is 141 g/mol. The summed E-state index contributed by atoms with van der Waals surface area (Å²) < 4.78 is 0. The van der Waals surface area contributed by atoms with E-state index in [-0.39, 0.29) is 0 Å². The van der Waals surface area contributed by atoms with Crippen LogP contribution >= 0.6 is 0 Å². The van der Waals surface area contributed by atoms with Crippen LogP contribution in [0.25, 0.3) is 10.8 Å². The molecule has 0 bridgehead atoms. The van der Waals surface area contributed by atoms with Gasteiger partial charge in [-0.05, 0) is 47.9 Å². The van der Waals surface area contributed by atoms with Gasteiger partial charge >= 0.3 is 0 Å². The number of benzene rings is 1. The molecule has 2 aromatic rings. The van der Waals surface area contributed by atoms with E-state index in [9.17, 15) is 0 Å². The number of hydrogen-bond donors (Lipinski definition) is 1. The Morgan fingerprint density at radius 3 is 1.82 bits per heavy atom. The SMILES string of the molecule is [CH]c1cc2c[nH]cc2cc1[CH]. The molecule has 0 saturated heterocycles. The van der Waals surface area contributed by atoms with Gasteiger partial charge in [0.15, 0.2) is 0 Å². The van der Waals surface area contributed by atoms with Crippen molar-refractivity contribution in [3.63, 3.8) is 0 Å². The predicted octanol–water partition coefficient (Wildman–Crippen LogP) is 2.29. The molecular formula is C10H7N. The molecule has 0 saturated carbocycles. The van der Waals surface area contributed by atoms with Crippen molar-refractivity contribution in [2.45, 2.75) is 0 Å². The summed E-state index contributed by atoms with van der Waals surface area (Å²) in [7, 11) is 0. The van der Waals surface area contributed by atoms with Gasteiger partial charge in [-0.25, -0.2) is 0 Å². The Hall–Kier alpha value is -1.24. The van der Waals surface area contributed by atoms with Gasteiger partial charge in [-0.3, -0.25) is 0 Å². The Morgan fingerprint density at radius 2 is 1.36 bits per heavy atom. The highest BCUT2D eigenvalue weighted by molar-refractivity contribution is 5.84. The molecule has 4 radical (unpaired) electrons. The van der Waals surface area contributed by atoms with Gasteiger partial charge in [0.1, 0.15) is 0 Å². The van der Waals surface area contributed by atoms with Crippen LogP contribution in [-0.2, 0) is 0 Å². The monoisotopic (exact) mass is 141 g/mol. The normalized spacial score (nSPS) is 10.7. The van der Waals surface area contributed by atoms with E-state index < -0.39 is 0 Å². The first-order valence-electron chi connectivity index (χ1n) is 3.39. The van der Waals surface area contributed by atoms with Crippen LogP contribution in [0.4, 0.5) is 0 Å². The quantitative estimate of drug-likeness (QED) is 0.579. The number of H-pyrrole nitrogens is 1. The van der Waals surface area contributed by atoms with Gasteiger partial charge in [0, 0.05) is 12.4 Å². The lowest BCUT2D eigenvalue weighted by Crippen LogP contribution is -1.77. The number of nitrogens with one attached hydrogen (secondary N) is 1. The summed E-state index contributed by atoms with van der Waals surface area (Å²) in [5.74, 6) is 0. The van der Waals surface area contributed by atoms with Crippen molar-refractivity contribution in [3.8, 4) is 0 Å². The third kappa shape index (κ3) is 0.929. The molecule has 0 aliphatic carbocycles. The molecule has 1 N–H and O–H groups in total. The largest absolute Gasteiger partial charge is 0.366 e. The first-order valence-corrected chi connectivity index (χ1v) is 3.39. The lowest BCUT2D eigenvalue weighted by atomic mass is 10.1. The molecule has 0 aliphatic heterocycles. The lowest BCUT2D eigenvalue weighted by molar-refractivity contribution is 1.43. The topological polar surface area (TPSA) is 15.8 Å². The van der Waals surface area contributed by atoms with Gasteiger partial charge < -0.3 is 4.98 Å². The second kappa shape index (κ2) is 2.12. The van der Waals surface area contributed by atoms with Crippen LogP contribution in [0.1, 0.15) is 11.1 Å². The number of hydrogen-bond acceptors (Lipinski definition) is 0. The van der Waals surface area contributed by atoms with E-state index in [0.29, 0.717) is 11.1 Å². The summed E-state index contributed by atoms with van der Waals surface area (Å²) in [4.78, 5) is 2.98. The molecular weight excluding hydrogens is 134 g/mol. The Balaban J connectivity index is 2.86. The van der Waals surface area contributed by atoms with Crippen molar-refractivity contribution in [1.82, 2.24) is 4.98 Å². The Kier molecular flexibility index (Phi) is 1.25. The highest BCUT2D eigenvalue weighted by Gasteiger charge is 1.96. The van der Waals surface area contributed by atoms with Gasteiger partial charge in [-0.2, -0.15) is 0 Å². The zero-order valence-electron chi connectivity index (χ0n) is 5.96. The van der Waals surface area contributed by atoms with Crippen LogP contribution in [0.3, 0.4) is 0 Å². The summed E-state index contributed by atoms with van der Waals surface area (Å²) in [6.45, 7) is 11.2. The molecule has 0 aliphatic rings. The van der Waals surface area contributed by atoms with Crippen molar-refractivity contribution < 1.29 is 0 Å². The minimum atomic E-state index is 0.636. The fourth-order valence-electron chi connectivity index (χ4n) is 1.14. The van der Waals surface area contributed by atoms with Crippen molar-refractivity contribution in [3.05, 3.63) is 49.5 Å². The number of rotatable bonds is 0. The highest BCUT2D eigenvalue weighted by Crippen LogP contribution is 2.17. The fraction of sp³-hybridized carbons (Fsp3) is 0. The maximum absolute atomic E-state index is 5.61. The molecule has 0 atom stereocenters. The first kappa shape index (κ1) is 6.47. The summed E-state index contributed by atoms with van der Waals surface area (Å²) in [5, 5.41) is 2.19. The van der Waals surface area contributed by atoms with E-state index in [1.807, 2.05) is 24.5 Å². The van der Waals surface area contributed by atoms with Gasteiger partial charge in [0.25, 0.3) is 0 Å². The van der Waals surface area contributed by atoms with E-state index in [4.69, 9.17) is 13.8 Å². The lowest BCUT2D eigenvalue weighted by Gasteiger charge is -1.97. The zero-order chi connectivity index (χ0) is 7.84. The molecule has 1 aromatic carbocycles. The number of fused-ring (bicyclic) bond motifs is 1. The number of aromatic amines is 1. The van der Waals surface area contributed by atoms with Crippen molar-refractivity contribution in [1.29, 1.82) is 0 Å². The van der Waals surface area contributed by atoms with Crippen LogP contribution in [0.15, 0.2) is 24.5 Å². The molecule has 1 heteroatoms. The molecule has 0 unspecified atom stereocenters. The summed E-state index contributed by atoms with van der Waals surface area (Å²) in [6.07, 6.45) is 3.79. The molecule has 1 heterocycles. The van der Waals surface area contributed by atoms with E-state index in [1.165, 1.54) is 0 Å². The molecule has 52 valence electrons. The minimum absolute atomic E-state index is 0.636. The first-order chi connectivity index (χ1) is 5.27.